The van der Waals surface area contributed by atoms with Crippen LogP contribution in [0.4, 0.5) is 0 Å². The average molecular weight is 921 g/mol. The van der Waals surface area contributed by atoms with Crippen molar-refractivity contribution in [3.05, 3.63) is 0 Å². The van der Waals surface area contributed by atoms with Crippen molar-refractivity contribution in [3.8, 4) is 0 Å². The van der Waals surface area contributed by atoms with Gasteiger partial charge in [0.1, 0.15) is 24.2 Å². The minimum atomic E-state index is -4.71. The normalized spacial score (nSPS) is 12.9. The first kappa shape index (κ1) is 59.2. The van der Waals surface area contributed by atoms with Gasteiger partial charge >= 0.3 is 17.9 Å². The summed E-state index contributed by atoms with van der Waals surface area (Å²) >= 11 is 0. The molecule has 0 heterocycles. The highest BCUT2D eigenvalue weighted by Gasteiger charge is 2.30. The molecule has 0 aliphatic heterocycles. The van der Waals surface area contributed by atoms with E-state index in [1.165, 1.54) is 12.8 Å². The fourth-order valence-corrected chi connectivity index (χ4v) is 7.54. The summed E-state index contributed by atoms with van der Waals surface area (Å²) in [7, 11) is -4.71. The third-order valence-electron chi connectivity index (χ3n) is 10.6. The van der Waals surface area contributed by atoms with Gasteiger partial charge in [-0.1, -0.05) is 96.8 Å². The number of ether oxygens (including phenoxy) is 2. The molecule has 0 rings (SSSR count). The van der Waals surface area contributed by atoms with E-state index in [9.17, 15) is 61.5 Å². The van der Waals surface area contributed by atoms with Gasteiger partial charge in [-0.2, -0.15) is 8.42 Å². The van der Waals surface area contributed by atoms with E-state index in [0.717, 1.165) is 70.6 Å². The van der Waals surface area contributed by atoms with Crippen LogP contribution in [0.1, 0.15) is 174 Å². The SMILES string of the molecule is CCC(=O)CCCCCC(CC(=O)COCCOCCNC(=O)CCC(CC(=O)C(CS(=O)(=O)O)NC(=O)CCCCCCCCCCCCCCCCC(=O)O)C(=O)O)C(=O)O. The number of hydrogen-bond acceptors (Lipinski definition) is 12. The van der Waals surface area contributed by atoms with Crippen LogP contribution in [-0.2, 0) is 57.9 Å². The Balaban J connectivity index is 4.35. The Morgan fingerprint density at radius 2 is 1.03 bits per heavy atom. The standard InChI is InChI=1S/C44H76N2O16S/c1-2-36(47)21-17-15-16-20-34(43(54)55)30-37(48)32-62-29-28-61-27-26-45-40(50)25-24-35(44(56)57)31-39(49)38(33-63(58,59)60)46-41(51)22-18-13-11-9-7-5-3-4-6-8-10-12-14-19-23-42(52)53/h34-35,38H,2-33H2,1H3,(H,45,50)(H,46,51)(H,52,53)(H,54,55)(H,56,57)(H,58,59,60). The summed E-state index contributed by atoms with van der Waals surface area (Å²) in [5.74, 6) is -8.74. The van der Waals surface area contributed by atoms with Crippen molar-refractivity contribution in [2.24, 2.45) is 11.8 Å². The molecule has 18 nitrogen and oxygen atoms in total. The van der Waals surface area contributed by atoms with E-state index in [-0.39, 0.29) is 76.6 Å². The van der Waals surface area contributed by atoms with Crippen molar-refractivity contribution in [1.82, 2.24) is 10.6 Å². The molecule has 0 aliphatic carbocycles. The zero-order valence-electron chi connectivity index (χ0n) is 37.5. The number of aliphatic carboxylic acids is 3. The van der Waals surface area contributed by atoms with Gasteiger partial charge in [-0.15, -0.1) is 0 Å². The van der Waals surface area contributed by atoms with E-state index in [1.54, 1.807) is 6.92 Å². The maximum absolute atomic E-state index is 13.0. The van der Waals surface area contributed by atoms with E-state index in [0.29, 0.717) is 44.9 Å². The van der Waals surface area contributed by atoms with Crippen molar-refractivity contribution >= 4 is 57.2 Å². The smallest absolute Gasteiger partial charge is 0.306 e. The number of unbranched alkanes of at least 4 members (excludes halogenated alkanes) is 15. The second-order valence-corrected chi connectivity index (χ2v) is 17.7. The van der Waals surface area contributed by atoms with Gasteiger partial charge in [-0.25, -0.2) is 0 Å². The van der Waals surface area contributed by atoms with Crippen LogP contribution in [0.15, 0.2) is 0 Å². The molecule has 0 saturated heterocycles. The van der Waals surface area contributed by atoms with Gasteiger partial charge in [0.2, 0.25) is 11.8 Å². The number of hydrogen-bond donors (Lipinski definition) is 6. The van der Waals surface area contributed by atoms with Crippen molar-refractivity contribution in [1.29, 1.82) is 0 Å². The minimum absolute atomic E-state index is 0.0194. The minimum Gasteiger partial charge on any atom is -0.481 e. The first-order chi connectivity index (χ1) is 29.9. The van der Waals surface area contributed by atoms with Gasteiger partial charge in [0.05, 0.1) is 31.7 Å². The molecule has 364 valence electrons. The molecule has 2 amide bonds. The predicted molar refractivity (Wildman–Crippen MR) is 234 cm³/mol. The van der Waals surface area contributed by atoms with Crippen molar-refractivity contribution < 1.29 is 76.1 Å². The van der Waals surface area contributed by atoms with Crippen LogP contribution in [0.5, 0.6) is 0 Å². The van der Waals surface area contributed by atoms with Crippen molar-refractivity contribution in [3.63, 3.8) is 0 Å². The summed E-state index contributed by atoms with van der Waals surface area (Å²) < 4.78 is 43.3. The Labute approximate surface area is 373 Å². The van der Waals surface area contributed by atoms with Gasteiger partial charge in [-0.05, 0) is 32.1 Å². The third kappa shape index (κ3) is 37.3. The molecule has 3 unspecified atom stereocenters. The Hall–Kier alpha value is -3.81. The van der Waals surface area contributed by atoms with Crippen LogP contribution >= 0.6 is 0 Å². The van der Waals surface area contributed by atoms with E-state index in [1.807, 2.05) is 0 Å². The lowest BCUT2D eigenvalue weighted by atomic mass is 9.94. The third-order valence-corrected chi connectivity index (χ3v) is 11.3. The molecule has 0 bridgehead atoms. The number of carboxylic acid groups (broad SMARTS) is 3. The average Bonchev–Trinajstić information content (AvgIpc) is 3.21. The Bertz CT molecular complexity index is 1470. The summed E-state index contributed by atoms with van der Waals surface area (Å²) in [6.45, 7) is 1.76. The van der Waals surface area contributed by atoms with Crippen molar-refractivity contribution in [2.75, 3.05) is 38.7 Å². The molecule has 0 aliphatic rings. The highest BCUT2D eigenvalue weighted by molar-refractivity contribution is 7.85. The van der Waals surface area contributed by atoms with E-state index in [4.69, 9.17) is 14.6 Å². The molecule has 0 aromatic heterocycles. The van der Waals surface area contributed by atoms with Crippen LogP contribution < -0.4 is 10.6 Å². The monoisotopic (exact) mass is 920 g/mol. The number of nitrogens with one attached hydrogen (secondary N) is 2. The lowest BCUT2D eigenvalue weighted by Gasteiger charge is -2.19. The molecular formula is C44H76N2O16S. The zero-order valence-corrected chi connectivity index (χ0v) is 38.3. The molecule has 19 heteroatoms. The van der Waals surface area contributed by atoms with Crippen LogP contribution in [0, 0.1) is 11.8 Å². The van der Waals surface area contributed by atoms with E-state index < -0.39 is 75.7 Å². The first-order valence-corrected chi connectivity index (χ1v) is 24.5. The molecule has 0 saturated carbocycles. The van der Waals surface area contributed by atoms with Crippen LogP contribution in [0.2, 0.25) is 0 Å². The number of ketones is 3. The Kier molecular flexibility index (Phi) is 35.3. The number of rotatable bonds is 45. The fraction of sp³-hybridized carbons (Fsp3) is 0.818. The Morgan fingerprint density at radius 1 is 0.540 bits per heavy atom. The summed E-state index contributed by atoms with van der Waals surface area (Å²) in [5, 5.41) is 32.7. The van der Waals surface area contributed by atoms with Crippen molar-refractivity contribution in [2.45, 2.75) is 180 Å². The number of Topliss-reactive ketones (excluding diaryl/α,β-unsaturated/α-hetero) is 3. The lowest BCUT2D eigenvalue weighted by Crippen LogP contribution is -2.46. The topological polar surface area (TPSA) is 294 Å². The van der Waals surface area contributed by atoms with Crippen LogP contribution in [0.3, 0.4) is 0 Å². The van der Waals surface area contributed by atoms with Gasteiger partial charge in [0, 0.05) is 51.5 Å². The summed E-state index contributed by atoms with van der Waals surface area (Å²) in [6.07, 6.45) is 16.0. The maximum atomic E-state index is 13.0. The van der Waals surface area contributed by atoms with Gasteiger partial charge in [0.15, 0.2) is 11.6 Å². The fourth-order valence-electron chi connectivity index (χ4n) is 6.85. The van der Waals surface area contributed by atoms with Gasteiger partial charge < -0.3 is 35.4 Å². The maximum Gasteiger partial charge on any atom is 0.306 e. The Morgan fingerprint density at radius 3 is 1.56 bits per heavy atom. The highest BCUT2D eigenvalue weighted by Crippen LogP contribution is 2.18. The van der Waals surface area contributed by atoms with Crippen LogP contribution in [0.25, 0.3) is 0 Å². The molecule has 0 fully saturated rings. The number of carbonyl (C=O) groups is 8. The van der Waals surface area contributed by atoms with E-state index >= 15 is 0 Å². The lowest BCUT2D eigenvalue weighted by molar-refractivity contribution is -0.145. The second kappa shape index (κ2) is 37.6. The summed E-state index contributed by atoms with van der Waals surface area (Å²) in [6, 6.07) is -1.66. The highest BCUT2D eigenvalue weighted by atomic mass is 32.2. The zero-order chi connectivity index (χ0) is 47.3. The quantitative estimate of drug-likeness (QED) is 0.0308. The largest absolute Gasteiger partial charge is 0.481 e. The first-order valence-electron chi connectivity index (χ1n) is 22.8. The van der Waals surface area contributed by atoms with Gasteiger partial charge in [-0.3, -0.25) is 42.9 Å². The number of carbonyl (C=O) groups excluding carboxylic acids is 5. The predicted octanol–water partition coefficient (Wildman–Crippen LogP) is 5.86. The molecule has 6 N–H and O–H groups in total. The van der Waals surface area contributed by atoms with E-state index in [2.05, 4.69) is 10.6 Å². The molecule has 0 radical (unpaired) electrons. The number of carboxylic acids is 3. The van der Waals surface area contributed by atoms with Gasteiger partial charge in [0.25, 0.3) is 10.1 Å². The second-order valence-electron chi connectivity index (χ2n) is 16.2. The number of amides is 2. The molecule has 63 heavy (non-hydrogen) atoms. The van der Waals surface area contributed by atoms with Crippen LogP contribution in [-0.4, -0.2) is 120 Å². The molecule has 0 aromatic carbocycles. The summed E-state index contributed by atoms with van der Waals surface area (Å²) in [4.78, 5) is 95.6. The summed E-state index contributed by atoms with van der Waals surface area (Å²) in [5.41, 5.74) is 0. The molecule has 0 aromatic rings. The molecular weight excluding hydrogens is 845 g/mol. The molecule has 0 spiro atoms. The molecule has 3 atom stereocenters.